The van der Waals surface area contributed by atoms with Crippen LogP contribution in [0.4, 0.5) is 0 Å². The number of methoxy groups -OCH3 is 1. The Labute approximate surface area is 175 Å². The maximum Gasteiger partial charge on any atom is 0.235 e. The van der Waals surface area contributed by atoms with Crippen LogP contribution in [0.25, 0.3) is 22.3 Å². The summed E-state index contributed by atoms with van der Waals surface area (Å²) >= 11 is 0. The summed E-state index contributed by atoms with van der Waals surface area (Å²) in [5.41, 5.74) is 5.21. The minimum atomic E-state index is -0.160. The van der Waals surface area contributed by atoms with Crippen molar-refractivity contribution in [2.45, 2.75) is 27.4 Å². The van der Waals surface area contributed by atoms with Crippen molar-refractivity contribution >= 4 is 11.0 Å². The van der Waals surface area contributed by atoms with Crippen LogP contribution in [0.1, 0.15) is 22.3 Å². The number of fused-ring (bicyclic) bond motifs is 1. The Balaban J connectivity index is 1.88. The molecule has 1 heterocycles. The quantitative estimate of drug-likeness (QED) is 0.414. The van der Waals surface area contributed by atoms with Gasteiger partial charge in [0.25, 0.3) is 0 Å². The lowest BCUT2D eigenvalue weighted by Gasteiger charge is -2.14. The van der Waals surface area contributed by atoms with Crippen LogP contribution in [0.15, 0.2) is 69.9 Å². The SMILES string of the molecule is COc1ccc(-c2oc3cc(C)cc(C)c3c(=O)c2OCc2cccc(C)c2)cc1. The summed E-state index contributed by atoms with van der Waals surface area (Å²) in [4.78, 5) is 13.5. The number of hydrogen-bond donors (Lipinski definition) is 0. The van der Waals surface area contributed by atoms with Gasteiger partial charge in [0, 0.05) is 5.56 Å². The molecule has 4 nitrogen and oxygen atoms in total. The Morgan fingerprint density at radius 2 is 1.67 bits per heavy atom. The minimum Gasteiger partial charge on any atom is -0.497 e. The van der Waals surface area contributed by atoms with E-state index in [2.05, 4.69) is 0 Å². The van der Waals surface area contributed by atoms with Gasteiger partial charge in [-0.1, -0.05) is 35.9 Å². The smallest absolute Gasteiger partial charge is 0.235 e. The summed E-state index contributed by atoms with van der Waals surface area (Å²) < 4.78 is 17.6. The van der Waals surface area contributed by atoms with Crippen LogP contribution in [0.3, 0.4) is 0 Å². The first-order valence-corrected chi connectivity index (χ1v) is 9.87. The second-order valence-electron chi connectivity index (χ2n) is 7.55. The molecule has 0 aliphatic carbocycles. The standard InChI is InChI=1S/C26H24O4/c1-16-6-5-7-19(13-16)15-29-26-24(27)23-18(3)12-17(2)14-22(23)30-25(26)20-8-10-21(28-4)11-9-20/h5-14H,15H2,1-4H3. The van der Waals surface area contributed by atoms with Gasteiger partial charge in [-0.05, 0) is 67.8 Å². The zero-order valence-corrected chi connectivity index (χ0v) is 17.6. The molecule has 0 aliphatic heterocycles. The number of benzene rings is 3. The van der Waals surface area contributed by atoms with Crippen LogP contribution in [0.2, 0.25) is 0 Å². The molecule has 0 atom stereocenters. The third kappa shape index (κ3) is 3.81. The summed E-state index contributed by atoms with van der Waals surface area (Å²) in [6, 6.07) is 19.3. The average Bonchev–Trinajstić information content (AvgIpc) is 2.72. The van der Waals surface area contributed by atoms with Gasteiger partial charge in [0.15, 0.2) is 5.76 Å². The highest BCUT2D eigenvalue weighted by molar-refractivity contribution is 5.85. The van der Waals surface area contributed by atoms with Gasteiger partial charge in [-0.2, -0.15) is 0 Å². The van der Waals surface area contributed by atoms with E-state index in [9.17, 15) is 4.79 Å². The first-order chi connectivity index (χ1) is 14.5. The Hall–Kier alpha value is -3.53. The zero-order chi connectivity index (χ0) is 21.3. The highest BCUT2D eigenvalue weighted by Crippen LogP contribution is 2.33. The van der Waals surface area contributed by atoms with Crippen molar-refractivity contribution in [2.24, 2.45) is 0 Å². The number of ether oxygens (including phenoxy) is 2. The van der Waals surface area contributed by atoms with Gasteiger partial charge in [0.05, 0.1) is 12.5 Å². The molecule has 0 fully saturated rings. The summed E-state index contributed by atoms with van der Waals surface area (Å²) in [5, 5.41) is 0.553. The molecule has 0 spiro atoms. The predicted octanol–water partition coefficient (Wildman–Crippen LogP) is 5.97. The lowest BCUT2D eigenvalue weighted by atomic mass is 10.0. The van der Waals surface area contributed by atoms with Crippen LogP contribution >= 0.6 is 0 Å². The molecule has 1 aromatic heterocycles. The molecule has 152 valence electrons. The van der Waals surface area contributed by atoms with Crippen molar-refractivity contribution in [3.63, 3.8) is 0 Å². The fourth-order valence-corrected chi connectivity index (χ4v) is 3.69. The Kier molecular flexibility index (Phi) is 5.32. The second kappa shape index (κ2) is 8.07. The average molecular weight is 400 g/mol. The van der Waals surface area contributed by atoms with Crippen LogP contribution in [-0.2, 0) is 6.61 Å². The summed E-state index contributed by atoms with van der Waals surface area (Å²) in [5.74, 6) is 1.38. The van der Waals surface area contributed by atoms with Crippen molar-refractivity contribution in [3.05, 3.63) is 93.1 Å². The molecule has 30 heavy (non-hydrogen) atoms. The molecule has 3 aromatic carbocycles. The first kappa shape index (κ1) is 19.8. The molecule has 0 saturated heterocycles. The van der Waals surface area contributed by atoms with Crippen molar-refractivity contribution in [2.75, 3.05) is 7.11 Å². The molecule has 0 radical (unpaired) electrons. The second-order valence-corrected chi connectivity index (χ2v) is 7.55. The topological polar surface area (TPSA) is 48.7 Å². The van der Waals surface area contributed by atoms with Crippen LogP contribution in [0, 0.1) is 20.8 Å². The third-order valence-corrected chi connectivity index (χ3v) is 5.11. The van der Waals surface area contributed by atoms with Crippen molar-refractivity contribution in [3.8, 4) is 22.8 Å². The summed E-state index contributed by atoms with van der Waals surface area (Å²) in [6.07, 6.45) is 0. The number of aryl methyl sites for hydroxylation is 3. The van der Waals surface area contributed by atoms with Crippen LogP contribution in [0.5, 0.6) is 11.5 Å². The van der Waals surface area contributed by atoms with Crippen molar-refractivity contribution < 1.29 is 13.9 Å². The van der Waals surface area contributed by atoms with Gasteiger partial charge in [0.2, 0.25) is 11.2 Å². The third-order valence-electron chi connectivity index (χ3n) is 5.11. The molecule has 0 bridgehead atoms. The molecular formula is C26H24O4. The van der Waals surface area contributed by atoms with Gasteiger partial charge < -0.3 is 13.9 Å². The molecule has 4 heteroatoms. The molecule has 0 unspecified atom stereocenters. The van der Waals surface area contributed by atoms with Gasteiger partial charge >= 0.3 is 0 Å². The predicted molar refractivity (Wildman–Crippen MR) is 119 cm³/mol. The van der Waals surface area contributed by atoms with Crippen LogP contribution in [-0.4, -0.2) is 7.11 Å². The minimum absolute atomic E-state index is 0.160. The number of rotatable bonds is 5. The maximum absolute atomic E-state index is 13.5. The molecule has 4 aromatic rings. The van der Waals surface area contributed by atoms with Crippen LogP contribution < -0.4 is 14.9 Å². The maximum atomic E-state index is 13.5. The van der Waals surface area contributed by atoms with E-state index in [4.69, 9.17) is 13.9 Å². The molecule has 0 N–H and O–H groups in total. The van der Waals surface area contributed by atoms with Crippen molar-refractivity contribution in [1.82, 2.24) is 0 Å². The van der Waals surface area contributed by atoms with Crippen molar-refractivity contribution in [1.29, 1.82) is 0 Å². The lowest BCUT2D eigenvalue weighted by Crippen LogP contribution is -2.11. The fraction of sp³-hybridized carbons (Fsp3) is 0.192. The summed E-state index contributed by atoms with van der Waals surface area (Å²) in [7, 11) is 1.62. The summed E-state index contributed by atoms with van der Waals surface area (Å²) in [6.45, 7) is 6.22. The molecular weight excluding hydrogens is 376 g/mol. The molecule has 0 amide bonds. The monoisotopic (exact) mass is 400 g/mol. The van der Waals surface area contributed by atoms with Gasteiger partial charge in [-0.3, -0.25) is 4.79 Å². The van der Waals surface area contributed by atoms with E-state index < -0.39 is 0 Å². The van der Waals surface area contributed by atoms with E-state index in [0.29, 0.717) is 16.7 Å². The van der Waals surface area contributed by atoms with E-state index in [1.54, 1.807) is 7.11 Å². The zero-order valence-electron chi connectivity index (χ0n) is 17.6. The Morgan fingerprint density at radius 3 is 2.37 bits per heavy atom. The largest absolute Gasteiger partial charge is 0.497 e. The number of hydrogen-bond acceptors (Lipinski definition) is 4. The highest BCUT2D eigenvalue weighted by atomic mass is 16.5. The van der Waals surface area contributed by atoms with E-state index >= 15 is 0 Å². The molecule has 0 saturated carbocycles. The molecule has 0 aliphatic rings. The van der Waals surface area contributed by atoms with E-state index in [-0.39, 0.29) is 17.8 Å². The van der Waals surface area contributed by atoms with Gasteiger partial charge in [0.1, 0.15) is 17.9 Å². The Bertz CT molecular complexity index is 1270. The van der Waals surface area contributed by atoms with E-state index in [1.807, 2.05) is 81.4 Å². The van der Waals surface area contributed by atoms with Gasteiger partial charge in [-0.15, -0.1) is 0 Å². The van der Waals surface area contributed by atoms with Gasteiger partial charge in [-0.25, -0.2) is 0 Å². The highest BCUT2D eigenvalue weighted by Gasteiger charge is 2.19. The van der Waals surface area contributed by atoms with E-state index in [0.717, 1.165) is 33.6 Å². The normalized spacial score (nSPS) is 10.9. The lowest BCUT2D eigenvalue weighted by molar-refractivity contribution is 0.297. The fourth-order valence-electron chi connectivity index (χ4n) is 3.69. The molecule has 4 rings (SSSR count). The van der Waals surface area contributed by atoms with E-state index in [1.165, 1.54) is 0 Å². The Morgan fingerprint density at radius 1 is 0.900 bits per heavy atom. The first-order valence-electron chi connectivity index (χ1n) is 9.87.